The van der Waals surface area contributed by atoms with E-state index in [1.54, 1.807) is 0 Å². The molecular weight excluding hydrogens is 150 g/mol. The quantitative estimate of drug-likeness (QED) is 0.739. The lowest BCUT2D eigenvalue weighted by atomic mass is 10.1. The Balaban J connectivity index is 2.81. The fourth-order valence-corrected chi connectivity index (χ4v) is 1.19. The molecule has 0 bridgehead atoms. The van der Waals surface area contributed by atoms with Gasteiger partial charge in [-0.1, -0.05) is 18.2 Å². The third-order valence-corrected chi connectivity index (χ3v) is 1.77. The van der Waals surface area contributed by atoms with Crippen molar-refractivity contribution < 1.29 is 4.74 Å². The van der Waals surface area contributed by atoms with Crippen LogP contribution in [0.2, 0.25) is 0 Å². The Hall–Kier alpha value is -1.02. The average Bonchev–Trinajstić information content (AvgIpc) is 2.04. The maximum Gasteiger partial charge on any atom is 0.125 e. The molecule has 0 saturated heterocycles. The third kappa shape index (κ3) is 1.98. The lowest BCUT2D eigenvalue weighted by Gasteiger charge is -2.10. The standard InChI is InChI=1S/C10H15NO/c1-8-4-3-5-9(2)10(8)12-7-6-11/h3-5H,6-7,11H2,1-2H3. The number of rotatable bonds is 3. The lowest BCUT2D eigenvalue weighted by molar-refractivity contribution is 0.324. The fourth-order valence-electron chi connectivity index (χ4n) is 1.19. The molecule has 1 aromatic carbocycles. The smallest absolute Gasteiger partial charge is 0.125 e. The van der Waals surface area contributed by atoms with Gasteiger partial charge in [0, 0.05) is 6.54 Å². The molecule has 0 unspecified atom stereocenters. The Kier molecular flexibility index (Phi) is 3.11. The molecule has 0 aliphatic heterocycles. The van der Waals surface area contributed by atoms with E-state index in [-0.39, 0.29) is 0 Å². The zero-order chi connectivity index (χ0) is 8.97. The zero-order valence-electron chi connectivity index (χ0n) is 7.63. The first-order valence-electron chi connectivity index (χ1n) is 4.15. The van der Waals surface area contributed by atoms with Crippen molar-refractivity contribution in [3.05, 3.63) is 29.3 Å². The highest BCUT2D eigenvalue weighted by atomic mass is 16.5. The van der Waals surface area contributed by atoms with Crippen LogP contribution in [0.5, 0.6) is 5.75 Å². The largest absolute Gasteiger partial charge is 0.492 e. The van der Waals surface area contributed by atoms with Gasteiger partial charge in [-0.25, -0.2) is 0 Å². The molecule has 0 aliphatic rings. The summed E-state index contributed by atoms with van der Waals surface area (Å²) in [4.78, 5) is 0. The van der Waals surface area contributed by atoms with Crippen LogP contribution in [-0.4, -0.2) is 13.2 Å². The van der Waals surface area contributed by atoms with E-state index in [1.807, 2.05) is 32.0 Å². The number of benzene rings is 1. The molecule has 0 spiro atoms. The van der Waals surface area contributed by atoms with E-state index >= 15 is 0 Å². The van der Waals surface area contributed by atoms with E-state index in [0.717, 1.165) is 5.75 Å². The van der Waals surface area contributed by atoms with Crippen molar-refractivity contribution in [1.82, 2.24) is 0 Å². The second-order valence-electron chi connectivity index (χ2n) is 2.86. The van der Waals surface area contributed by atoms with E-state index in [2.05, 4.69) is 0 Å². The molecule has 2 nitrogen and oxygen atoms in total. The van der Waals surface area contributed by atoms with Crippen LogP contribution in [0.4, 0.5) is 0 Å². The highest BCUT2D eigenvalue weighted by molar-refractivity contribution is 5.39. The van der Waals surface area contributed by atoms with Gasteiger partial charge in [0.25, 0.3) is 0 Å². The maximum absolute atomic E-state index is 5.49. The van der Waals surface area contributed by atoms with Crippen LogP contribution in [-0.2, 0) is 0 Å². The summed E-state index contributed by atoms with van der Waals surface area (Å²) in [6, 6.07) is 6.11. The molecule has 0 aliphatic carbocycles. The van der Waals surface area contributed by atoms with Crippen LogP contribution < -0.4 is 10.5 Å². The van der Waals surface area contributed by atoms with Crippen LogP contribution in [0.15, 0.2) is 18.2 Å². The van der Waals surface area contributed by atoms with Gasteiger partial charge in [0.05, 0.1) is 0 Å². The number of nitrogens with two attached hydrogens (primary N) is 1. The van der Waals surface area contributed by atoms with Crippen molar-refractivity contribution in [1.29, 1.82) is 0 Å². The maximum atomic E-state index is 5.49. The molecule has 0 aromatic heterocycles. The van der Waals surface area contributed by atoms with Crippen LogP contribution in [0, 0.1) is 13.8 Å². The summed E-state index contributed by atoms with van der Waals surface area (Å²) >= 11 is 0. The molecule has 12 heavy (non-hydrogen) atoms. The second kappa shape index (κ2) is 4.12. The number of hydrogen-bond donors (Lipinski definition) is 1. The summed E-state index contributed by atoms with van der Waals surface area (Å²) in [6.45, 7) is 5.23. The monoisotopic (exact) mass is 165 g/mol. The molecule has 66 valence electrons. The highest BCUT2D eigenvalue weighted by Gasteiger charge is 2.00. The van der Waals surface area contributed by atoms with Gasteiger partial charge in [-0.05, 0) is 25.0 Å². The minimum Gasteiger partial charge on any atom is -0.492 e. The molecule has 2 heteroatoms. The summed E-state index contributed by atoms with van der Waals surface area (Å²) in [5.74, 6) is 0.975. The second-order valence-corrected chi connectivity index (χ2v) is 2.86. The van der Waals surface area contributed by atoms with E-state index in [0.29, 0.717) is 13.2 Å². The molecule has 2 N–H and O–H groups in total. The Morgan fingerprint density at radius 1 is 1.25 bits per heavy atom. The zero-order valence-corrected chi connectivity index (χ0v) is 7.63. The van der Waals surface area contributed by atoms with E-state index in [1.165, 1.54) is 11.1 Å². The van der Waals surface area contributed by atoms with Gasteiger partial charge in [0.2, 0.25) is 0 Å². The van der Waals surface area contributed by atoms with Crippen molar-refractivity contribution in [3.63, 3.8) is 0 Å². The van der Waals surface area contributed by atoms with Gasteiger partial charge < -0.3 is 10.5 Å². The Morgan fingerprint density at radius 2 is 1.83 bits per heavy atom. The van der Waals surface area contributed by atoms with Crippen molar-refractivity contribution in [2.24, 2.45) is 5.73 Å². The Labute approximate surface area is 73.3 Å². The van der Waals surface area contributed by atoms with Crippen LogP contribution in [0.25, 0.3) is 0 Å². The molecule has 0 saturated carbocycles. The summed E-state index contributed by atoms with van der Waals surface area (Å²) in [5.41, 5.74) is 7.69. The fraction of sp³-hybridized carbons (Fsp3) is 0.400. The Bertz CT molecular complexity index is 238. The van der Waals surface area contributed by atoms with Crippen molar-refractivity contribution in [2.45, 2.75) is 13.8 Å². The molecule has 0 heterocycles. The highest BCUT2D eigenvalue weighted by Crippen LogP contribution is 2.21. The molecule has 0 atom stereocenters. The van der Waals surface area contributed by atoms with Crippen LogP contribution in [0.3, 0.4) is 0 Å². The first kappa shape index (κ1) is 9.07. The molecular formula is C10H15NO. The van der Waals surface area contributed by atoms with Crippen molar-refractivity contribution in [2.75, 3.05) is 13.2 Å². The summed E-state index contributed by atoms with van der Waals surface area (Å²) in [5, 5.41) is 0. The van der Waals surface area contributed by atoms with Gasteiger partial charge in [0.15, 0.2) is 0 Å². The first-order valence-corrected chi connectivity index (χ1v) is 4.15. The van der Waals surface area contributed by atoms with Crippen molar-refractivity contribution >= 4 is 0 Å². The minimum absolute atomic E-state index is 0.563. The van der Waals surface area contributed by atoms with Crippen LogP contribution in [0.1, 0.15) is 11.1 Å². The predicted molar refractivity (Wildman–Crippen MR) is 50.5 cm³/mol. The number of para-hydroxylation sites is 1. The predicted octanol–water partition coefficient (Wildman–Crippen LogP) is 1.64. The summed E-state index contributed by atoms with van der Waals surface area (Å²) < 4.78 is 5.49. The van der Waals surface area contributed by atoms with Gasteiger partial charge in [-0.15, -0.1) is 0 Å². The van der Waals surface area contributed by atoms with E-state index < -0.39 is 0 Å². The summed E-state index contributed by atoms with van der Waals surface area (Å²) in [7, 11) is 0. The normalized spacial score (nSPS) is 9.92. The third-order valence-electron chi connectivity index (χ3n) is 1.77. The van der Waals surface area contributed by atoms with Gasteiger partial charge >= 0.3 is 0 Å². The van der Waals surface area contributed by atoms with E-state index in [4.69, 9.17) is 10.5 Å². The molecule has 1 rings (SSSR count). The molecule has 0 fully saturated rings. The minimum atomic E-state index is 0.563. The summed E-state index contributed by atoms with van der Waals surface area (Å²) in [6.07, 6.45) is 0. The average molecular weight is 165 g/mol. The van der Waals surface area contributed by atoms with Gasteiger partial charge in [0.1, 0.15) is 12.4 Å². The number of ether oxygens (including phenoxy) is 1. The SMILES string of the molecule is Cc1cccc(C)c1OCCN. The molecule has 0 amide bonds. The number of hydrogen-bond acceptors (Lipinski definition) is 2. The first-order chi connectivity index (χ1) is 5.75. The van der Waals surface area contributed by atoms with Gasteiger partial charge in [-0.3, -0.25) is 0 Å². The lowest BCUT2D eigenvalue weighted by Crippen LogP contribution is -2.11. The molecule has 0 radical (unpaired) electrons. The van der Waals surface area contributed by atoms with Crippen LogP contribution >= 0.6 is 0 Å². The number of aryl methyl sites for hydroxylation is 2. The Morgan fingerprint density at radius 3 is 2.33 bits per heavy atom. The van der Waals surface area contributed by atoms with Crippen molar-refractivity contribution in [3.8, 4) is 5.75 Å². The topological polar surface area (TPSA) is 35.2 Å². The van der Waals surface area contributed by atoms with Gasteiger partial charge in [-0.2, -0.15) is 0 Å². The molecule has 1 aromatic rings. The van der Waals surface area contributed by atoms with E-state index in [9.17, 15) is 0 Å².